The van der Waals surface area contributed by atoms with Crippen molar-refractivity contribution in [3.05, 3.63) is 29.8 Å². The number of rotatable bonds is 4. The van der Waals surface area contributed by atoms with Crippen LogP contribution in [-0.2, 0) is 19.0 Å². The van der Waals surface area contributed by atoms with Gasteiger partial charge in [-0.1, -0.05) is 17.7 Å². The summed E-state index contributed by atoms with van der Waals surface area (Å²) in [6.07, 6.45) is -0.478. The van der Waals surface area contributed by atoms with Crippen LogP contribution in [0.1, 0.15) is 19.4 Å². The van der Waals surface area contributed by atoms with E-state index in [9.17, 15) is 8.42 Å². The molecular weight excluding hydrogens is 240 g/mol. The van der Waals surface area contributed by atoms with Crippen molar-refractivity contribution in [2.24, 2.45) is 0 Å². The van der Waals surface area contributed by atoms with Crippen LogP contribution in [-0.4, -0.2) is 26.7 Å². The number of hydrogen-bond donors (Lipinski definition) is 0. The quantitative estimate of drug-likeness (QED) is 0.609. The van der Waals surface area contributed by atoms with Crippen molar-refractivity contribution < 1.29 is 17.3 Å². The minimum atomic E-state index is -3.70. The smallest absolute Gasteiger partial charge is 0.297 e. The first-order valence-electron chi connectivity index (χ1n) is 5.47. The maximum absolute atomic E-state index is 12.0. The van der Waals surface area contributed by atoms with E-state index in [2.05, 4.69) is 0 Å². The second-order valence-electron chi connectivity index (χ2n) is 4.61. The number of hydrogen-bond acceptors (Lipinski definition) is 4. The van der Waals surface area contributed by atoms with Crippen molar-refractivity contribution in [1.82, 2.24) is 0 Å². The minimum Gasteiger partial charge on any atom is -0.367 e. The number of aryl methyl sites for hydroxylation is 1. The lowest BCUT2D eigenvalue weighted by Gasteiger charge is -2.16. The Labute approximate surface area is 102 Å². The SMILES string of the molecule is Cc1ccc(S(=O)(=O)O[C@H](C)[C@@]2(C)CO2)cc1. The zero-order valence-electron chi connectivity index (χ0n) is 10.1. The molecule has 4 nitrogen and oxygen atoms in total. The molecule has 1 aromatic rings. The van der Waals surface area contributed by atoms with Crippen molar-refractivity contribution in [2.75, 3.05) is 6.61 Å². The molecule has 17 heavy (non-hydrogen) atoms. The van der Waals surface area contributed by atoms with Crippen LogP contribution in [0, 0.1) is 6.92 Å². The Morgan fingerprint density at radius 3 is 2.35 bits per heavy atom. The first kappa shape index (κ1) is 12.5. The normalized spacial score (nSPS) is 25.6. The monoisotopic (exact) mass is 256 g/mol. The van der Waals surface area contributed by atoms with E-state index >= 15 is 0 Å². The van der Waals surface area contributed by atoms with Crippen molar-refractivity contribution in [3.8, 4) is 0 Å². The highest BCUT2D eigenvalue weighted by atomic mass is 32.2. The van der Waals surface area contributed by atoms with Crippen LogP contribution in [0.5, 0.6) is 0 Å². The van der Waals surface area contributed by atoms with Crippen LogP contribution in [0.25, 0.3) is 0 Å². The Hall–Kier alpha value is -0.910. The summed E-state index contributed by atoms with van der Waals surface area (Å²) >= 11 is 0. The van der Waals surface area contributed by atoms with Crippen LogP contribution >= 0.6 is 0 Å². The Morgan fingerprint density at radius 2 is 1.88 bits per heavy atom. The molecule has 0 bridgehead atoms. The summed E-state index contributed by atoms with van der Waals surface area (Å²) in [5.41, 5.74) is 0.548. The van der Waals surface area contributed by atoms with Gasteiger partial charge in [0.2, 0.25) is 0 Å². The van der Waals surface area contributed by atoms with Gasteiger partial charge in [0.15, 0.2) is 0 Å². The van der Waals surface area contributed by atoms with Gasteiger partial charge in [0.1, 0.15) is 11.7 Å². The molecule has 1 aliphatic rings. The Kier molecular flexibility index (Phi) is 3.01. The standard InChI is InChI=1S/C12H16O4S/c1-9-4-6-11(7-5-9)17(13,14)16-10(2)12(3)8-15-12/h4-7,10H,8H2,1-3H3/t10-,12-/m1/s1. The highest BCUT2D eigenvalue weighted by Gasteiger charge is 2.47. The summed E-state index contributed by atoms with van der Waals surface area (Å²) in [4.78, 5) is 0.180. The van der Waals surface area contributed by atoms with Gasteiger partial charge in [0, 0.05) is 0 Å². The van der Waals surface area contributed by atoms with E-state index in [1.165, 1.54) is 0 Å². The third-order valence-corrected chi connectivity index (χ3v) is 4.43. The molecule has 1 heterocycles. The summed E-state index contributed by atoms with van der Waals surface area (Å²) in [5.74, 6) is 0. The van der Waals surface area contributed by atoms with Gasteiger partial charge < -0.3 is 4.74 Å². The van der Waals surface area contributed by atoms with E-state index in [1.54, 1.807) is 31.2 Å². The molecule has 0 amide bonds. The lowest BCUT2D eigenvalue weighted by Crippen LogP contribution is -2.29. The fourth-order valence-electron chi connectivity index (χ4n) is 1.40. The van der Waals surface area contributed by atoms with Crippen LogP contribution in [0.15, 0.2) is 29.2 Å². The molecule has 1 aliphatic heterocycles. The van der Waals surface area contributed by atoms with Gasteiger partial charge in [-0.2, -0.15) is 8.42 Å². The van der Waals surface area contributed by atoms with Gasteiger partial charge in [0.25, 0.3) is 10.1 Å². The highest BCUT2D eigenvalue weighted by Crippen LogP contribution is 2.33. The predicted molar refractivity (Wildman–Crippen MR) is 63.3 cm³/mol. The average molecular weight is 256 g/mol. The van der Waals surface area contributed by atoms with E-state index in [0.717, 1.165) is 5.56 Å². The molecule has 5 heteroatoms. The van der Waals surface area contributed by atoms with E-state index in [-0.39, 0.29) is 4.90 Å². The van der Waals surface area contributed by atoms with Gasteiger partial charge in [-0.15, -0.1) is 0 Å². The molecule has 1 saturated heterocycles. The van der Waals surface area contributed by atoms with Gasteiger partial charge >= 0.3 is 0 Å². The van der Waals surface area contributed by atoms with Crippen LogP contribution < -0.4 is 0 Å². The molecule has 0 radical (unpaired) electrons. The Morgan fingerprint density at radius 1 is 1.35 bits per heavy atom. The lowest BCUT2D eigenvalue weighted by atomic mass is 10.1. The second kappa shape index (κ2) is 4.08. The fourth-order valence-corrected chi connectivity index (χ4v) is 2.56. The first-order chi connectivity index (χ1) is 7.83. The van der Waals surface area contributed by atoms with Crippen LogP contribution in [0.3, 0.4) is 0 Å². The summed E-state index contributed by atoms with van der Waals surface area (Å²) in [6, 6.07) is 6.59. The number of ether oxygens (including phenoxy) is 1. The molecule has 2 atom stereocenters. The molecular formula is C12H16O4S. The Balaban J connectivity index is 2.16. The lowest BCUT2D eigenvalue weighted by molar-refractivity contribution is 0.128. The predicted octanol–water partition coefficient (Wildman–Crippen LogP) is 1.88. The number of epoxide rings is 1. The topological polar surface area (TPSA) is 55.9 Å². The third-order valence-electron chi connectivity index (χ3n) is 3.04. The summed E-state index contributed by atoms with van der Waals surface area (Å²) in [6.45, 7) is 5.98. The van der Waals surface area contributed by atoms with Crippen molar-refractivity contribution >= 4 is 10.1 Å². The second-order valence-corrected chi connectivity index (χ2v) is 6.18. The zero-order chi connectivity index (χ0) is 12.7. The maximum Gasteiger partial charge on any atom is 0.297 e. The van der Waals surface area contributed by atoms with Crippen molar-refractivity contribution in [2.45, 2.75) is 37.4 Å². The van der Waals surface area contributed by atoms with E-state index in [4.69, 9.17) is 8.92 Å². The Bertz CT molecular complexity index is 500. The van der Waals surface area contributed by atoms with Gasteiger partial charge in [-0.3, -0.25) is 4.18 Å². The molecule has 94 valence electrons. The maximum atomic E-state index is 12.0. The third kappa shape index (κ3) is 2.68. The van der Waals surface area contributed by atoms with Crippen LogP contribution in [0.4, 0.5) is 0 Å². The minimum absolute atomic E-state index is 0.180. The molecule has 1 fully saturated rings. The molecule has 2 rings (SSSR count). The summed E-state index contributed by atoms with van der Waals surface area (Å²) in [7, 11) is -3.70. The molecule has 0 spiro atoms. The van der Waals surface area contributed by atoms with Gasteiger partial charge in [-0.25, -0.2) is 0 Å². The summed E-state index contributed by atoms with van der Waals surface area (Å²) in [5, 5.41) is 0. The van der Waals surface area contributed by atoms with E-state index < -0.39 is 21.8 Å². The molecule has 0 aromatic heterocycles. The van der Waals surface area contributed by atoms with Gasteiger partial charge in [-0.05, 0) is 32.9 Å². The molecule has 0 aliphatic carbocycles. The molecule has 0 N–H and O–H groups in total. The average Bonchev–Trinajstić information content (AvgIpc) is 2.98. The largest absolute Gasteiger partial charge is 0.367 e. The highest BCUT2D eigenvalue weighted by molar-refractivity contribution is 7.86. The zero-order valence-corrected chi connectivity index (χ0v) is 11.0. The number of benzene rings is 1. The first-order valence-corrected chi connectivity index (χ1v) is 6.88. The van der Waals surface area contributed by atoms with Crippen molar-refractivity contribution in [3.63, 3.8) is 0 Å². The molecule has 0 saturated carbocycles. The van der Waals surface area contributed by atoms with Gasteiger partial charge in [0.05, 0.1) is 11.5 Å². The molecule has 0 unspecified atom stereocenters. The van der Waals surface area contributed by atoms with E-state index in [1.807, 2.05) is 13.8 Å². The van der Waals surface area contributed by atoms with Crippen molar-refractivity contribution in [1.29, 1.82) is 0 Å². The van der Waals surface area contributed by atoms with Crippen LogP contribution in [0.2, 0.25) is 0 Å². The van der Waals surface area contributed by atoms with E-state index in [0.29, 0.717) is 6.61 Å². The summed E-state index contributed by atoms with van der Waals surface area (Å²) < 4.78 is 34.2. The molecule has 1 aromatic carbocycles. The fraction of sp³-hybridized carbons (Fsp3) is 0.500.